The van der Waals surface area contributed by atoms with Crippen LogP contribution in [0.5, 0.6) is 0 Å². The third-order valence-corrected chi connectivity index (χ3v) is 3.72. The highest BCUT2D eigenvalue weighted by atomic mass is 16.2. The summed E-state index contributed by atoms with van der Waals surface area (Å²) in [7, 11) is 1.61. The van der Waals surface area contributed by atoms with E-state index in [9.17, 15) is 9.59 Å². The minimum atomic E-state index is -0.212. The highest BCUT2D eigenvalue weighted by Crippen LogP contribution is 2.19. The number of rotatable bonds is 5. The lowest BCUT2D eigenvalue weighted by Gasteiger charge is -2.16. The molecular formula is C20H22N2O2. The molecule has 124 valence electrons. The Morgan fingerprint density at radius 1 is 1.00 bits per heavy atom. The fourth-order valence-corrected chi connectivity index (χ4v) is 2.34. The van der Waals surface area contributed by atoms with Gasteiger partial charge in [-0.3, -0.25) is 9.59 Å². The summed E-state index contributed by atoms with van der Waals surface area (Å²) in [6.07, 6.45) is 3.21. The number of nitrogens with one attached hydrogen (secondary N) is 1. The van der Waals surface area contributed by atoms with Crippen LogP contribution in [0.1, 0.15) is 16.7 Å². The van der Waals surface area contributed by atoms with Gasteiger partial charge in [-0.15, -0.1) is 0 Å². The van der Waals surface area contributed by atoms with Crippen LogP contribution in [0, 0.1) is 13.8 Å². The van der Waals surface area contributed by atoms with Gasteiger partial charge in [-0.05, 0) is 36.6 Å². The van der Waals surface area contributed by atoms with E-state index in [4.69, 9.17) is 0 Å². The monoisotopic (exact) mass is 322 g/mol. The van der Waals surface area contributed by atoms with E-state index in [-0.39, 0.29) is 18.4 Å². The van der Waals surface area contributed by atoms with Gasteiger partial charge in [0.2, 0.25) is 11.8 Å². The molecule has 0 atom stereocenters. The largest absolute Gasteiger partial charge is 0.333 e. The second-order valence-electron chi connectivity index (χ2n) is 5.75. The molecule has 4 nitrogen and oxygen atoms in total. The predicted molar refractivity (Wildman–Crippen MR) is 97.7 cm³/mol. The number of nitrogens with zero attached hydrogens (tertiary/aromatic N) is 1. The van der Waals surface area contributed by atoms with Crippen molar-refractivity contribution < 1.29 is 9.59 Å². The summed E-state index contributed by atoms with van der Waals surface area (Å²) in [5.41, 5.74) is 3.75. The highest BCUT2D eigenvalue weighted by molar-refractivity contribution is 5.98. The molecule has 0 aliphatic rings. The van der Waals surface area contributed by atoms with Gasteiger partial charge in [-0.2, -0.15) is 0 Å². The maximum Gasteiger partial charge on any atom is 0.246 e. The normalized spacial score (nSPS) is 10.6. The van der Waals surface area contributed by atoms with E-state index < -0.39 is 0 Å². The fourth-order valence-electron chi connectivity index (χ4n) is 2.34. The molecule has 0 saturated carbocycles. The first kappa shape index (κ1) is 17.5. The molecule has 0 heterocycles. The molecule has 24 heavy (non-hydrogen) atoms. The molecule has 4 heteroatoms. The van der Waals surface area contributed by atoms with E-state index in [0.717, 1.165) is 22.4 Å². The van der Waals surface area contributed by atoms with Crippen LogP contribution in [0.15, 0.2) is 54.6 Å². The Balaban J connectivity index is 1.93. The standard InChI is InChI=1S/C20H22N2O2/c1-15-8-7-9-16(2)20(15)21-18(23)14-22(3)19(24)13-12-17-10-5-4-6-11-17/h4-13H,14H2,1-3H3,(H,21,23)/b13-12+. The summed E-state index contributed by atoms with van der Waals surface area (Å²) in [4.78, 5) is 25.7. The topological polar surface area (TPSA) is 49.4 Å². The van der Waals surface area contributed by atoms with Crippen LogP contribution in [-0.4, -0.2) is 30.3 Å². The molecule has 0 aliphatic heterocycles. The minimum Gasteiger partial charge on any atom is -0.333 e. The zero-order valence-corrected chi connectivity index (χ0v) is 14.2. The van der Waals surface area contributed by atoms with Crippen LogP contribution in [0.4, 0.5) is 5.69 Å². The lowest BCUT2D eigenvalue weighted by molar-refractivity contribution is -0.129. The Morgan fingerprint density at radius 3 is 2.25 bits per heavy atom. The number of anilines is 1. The summed E-state index contributed by atoms with van der Waals surface area (Å²) in [5.74, 6) is -0.424. The van der Waals surface area contributed by atoms with Crippen LogP contribution in [-0.2, 0) is 9.59 Å². The minimum absolute atomic E-state index is 0.00569. The van der Waals surface area contributed by atoms with Crippen molar-refractivity contribution in [1.82, 2.24) is 4.90 Å². The maximum atomic E-state index is 12.2. The Morgan fingerprint density at radius 2 is 1.62 bits per heavy atom. The summed E-state index contributed by atoms with van der Waals surface area (Å²) in [6.45, 7) is 3.89. The van der Waals surface area contributed by atoms with Gasteiger partial charge in [-0.25, -0.2) is 0 Å². The number of hydrogen-bond donors (Lipinski definition) is 1. The Bertz CT molecular complexity index is 731. The van der Waals surface area contributed by atoms with E-state index >= 15 is 0 Å². The molecule has 0 spiro atoms. The Kier molecular flexibility index (Phi) is 5.90. The SMILES string of the molecule is Cc1cccc(C)c1NC(=O)CN(C)C(=O)/C=C/c1ccccc1. The van der Waals surface area contributed by atoms with Crippen molar-refractivity contribution in [3.05, 3.63) is 71.3 Å². The predicted octanol–water partition coefficient (Wildman–Crippen LogP) is 3.41. The quantitative estimate of drug-likeness (QED) is 0.858. The Labute approximate surface area is 142 Å². The molecule has 0 bridgehead atoms. The average Bonchev–Trinajstić information content (AvgIpc) is 2.57. The van der Waals surface area contributed by atoms with E-state index in [1.54, 1.807) is 13.1 Å². The van der Waals surface area contributed by atoms with Crippen molar-refractivity contribution in [3.63, 3.8) is 0 Å². The molecule has 0 unspecified atom stereocenters. The third kappa shape index (κ3) is 4.81. The first-order chi connectivity index (χ1) is 11.5. The van der Waals surface area contributed by atoms with Crippen LogP contribution >= 0.6 is 0 Å². The number of carbonyl (C=O) groups is 2. The van der Waals surface area contributed by atoms with Gasteiger partial charge >= 0.3 is 0 Å². The van der Waals surface area contributed by atoms with Gasteiger partial charge in [0.05, 0.1) is 6.54 Å². The number of carbonyl (C=O) groups excluding carboxylic acids is 2. The second-order valence-corrected chi connectivity index (χ2v) is 5.75. The van der Waals surface area contributed by atoms with Crippen molar-refractivity contribution in [1.29, 1.82) is 0 Å². The van der Waals surface area contributed by atoms with E-state index in [1.807, 2.05) is 62.4 Å². The van der Waals surface area contributed by atoms with Gasteiger partial charge < -0.3 is 10.2 Å². The summed E-state index contributed by atoms with van der Waals surface area (Å²) in [5, 5.41) is 2.88. The fraction of sp³-hybridized carbons (Fsp3) is 0.200. The second kappa shape index (κ2) is 8.11. The third-order valence-electron chi connectivity index (χ3n) is 3.72. The van der Waals surface area contributed by atoms with Gasteiger partial charge in [0.25, 0.3) is 0 Å². The number of aryl methyl sites for hydroxylation is 2. The van der Waals surface area contributed by atoms with E-state index in [0.29, 0.717) is 0 Å². The molecule has 2 aromatic rings. The summed E-state index contributed by atoms with van der Waals surface area (Å²) < 4.78 is 0. The number of likely N-dealkylation sites (N-methyl/N-ethyl adjacent to an activating group) is 1. The maximum absolute atomic E-state index is 12.2. The molecule has 0 aliphatic carbocycles. The molecule has 0 aromatic heterocycles. The van der Waals surface area contributed by atoms with Crippen molar-refractivity contribution >= 4 is 23.6 Å². The van der Waals surface area contributed by atoms with Crippen LogP contribution in [0.2, 0.25) is 0 Å². The number of amides is 2. The molecule has 2 rings (SSSR count). The Hall–Kier alpha value is -2.88. The average molecular weight is 322 g/mol. The van der Waals surface area contributed by atoms with E-state index in [2.05, 4.69) is 5.32 Å². The zero-order chi connectivity index (χ0) is 17.5. The van der Waals surface area contributed by atoms with Gasteiger partial charge in [0, 0.05) is 18.8 Å². The van der Waals surface area contributed by atoms with Crippen molar-refractivity contribution in [2.45, 2.75) is 13.8 Å². The zero-order valence-electron chi connectivity index (χ0n) is 14.2. The lowest BCUT2D eigenvalue weighted by Crippen LogP contribution is -2.34. The first-order valence-corrected chi connectivity index (χ1v) is 7.81. The van der Waals surface area contributed by atoms with Gasteiger partial charge in [0.1, 0.15) is 0 Å². The van der Waals surface area contributed by atoms with Gasteiger partial charge in [0.15, 0.2) is 0 Å². The molecule has 0 fully saturated rings. The molecule has 0 radical (unpaired) electrons. The van der Waals surface area contributed by atoms with E-state index in [1.165, 1.54) is 11.0 Å². The van der Waals surface area contributed by atoms with Crippen LogP contribution in [0.25, 0.3) is 6.08 Å². The summed E-state index contributed by atoms with van der Waals surface area (Å²) >= 11 is 0. The molecule has 2 amide bonds. The number of para-hydroxylation sites is 1. The summed E-state index contributed by atoms with van der Waals surface area (Å²) in [6, 6.07) is 15.4. The molecule has 2 aromatic carbocycles. The highest BCUT2D eigenvalue weighted by Gasteiger charge is 2.12. The smallest absolute Gasteiger partial charge is 0.246 e. The van der Waals surface area contributed by atoms with Crippen molar-refractivity contribution in [3.8, 4) is 0 Å². The molecule has 1 N–H and O–H groups in total. The lowest BCUT2D eigenvalue weighted by atomic mass is 10.1. The van der Waals surface area contributed by atoms with Crippen molar-refractivity contribution in [2.24, 2.45) is 0 Å². The first-order valence-electron chi connectivity index (χ1n) is 7.81. The van der Waals surface area contributed by atoms with Gasteiger partial charge in [-0.1, -0.05) is 48.5 Å². The number of benzene rings is 2. The van der Waals surface area contributed by atoms with Crippen molar-refractivity contribution in [2.75, 3.05) is 18.9 Å². The van der Waals surface area contributed by atoms with Crippen LogP contribution < -0.4 is 5.32 Å². The van der Waals surface area contributed by atoms with Crippen LogP contribution in [0.3, 0.4) is 0 Å². The molecule has 0 saturated heterocycles. The molecular weight excluding hydrogens is 300 g/mol. The number of hydrogen-bond acceptors (Lipinski definition) is 2.